The number of rotatable bonds is 8. The molecule has 4 heterocycles. The van der Waals surface area contributed by atoms with Gasteiger partial charge in [0.2, 0.25) is 0 Å². The molecule has 0 aliphatic heterocycles. The molecule has 0 unspecified atom stereocenters. The molecule has 0 fully saturated rings. The van der Waals surface area contributed by atoms with E-state index >= 15 is 0 Å². The van der Waals surface area contributed by atoms with Crippen molar-refractivity contribution >= 4 is 28.5 Å². The van der Waals surface area contributed by atoms with Crippen molar-refractivity contribution in [2.24, 2.45) is 0 Å². The van der Waals surface area contributed by atoms with Gasteiger partial charge in [-0.1, -0.05) is 6.92 Å². The molecule has 0 saturated heterocycles. The molecular weight excluding hydrogens is 518 g/mol. The van der Waals surface area contributed by atoms with Crippen molar-refractivity contribution in [1.29, 1.82) is 0 Å². The number of anilines is 3. The Morgan fingerprint density at radius 2 is 1.71 bits per heavy atom. The maximum absolute atomic E-state index is 14.0. The molecule has 4 aromatic heterocycles. The van der Waals surface area contributed by atoms with E-state index in [1.165, 1.54) is 17.2 Å². The van der Waals surface area contributed by atoms with Crippen LogP contribution in [-0.4, -0.2) is 54.9 Å². The Labute approximate surface area is 211 Å². The van der Waals surface area contributed by atoms with Crippen molar-refractivity contribution in [2.45, 2.75) is 25.7 Å². The third kappa shape index (κ3) is 5.88. The average Bonchev–Trinajstić information content (AvgIpc) is 2.87. The highest BCUT2D eigenvalue weighted by Gasteiger charge is 2.36. The van der Waals surface area contributed by atoms with E-state index in [1.54, 1.807) is 0 Å². The molecule has 0 aromatic carbocycles. The molecule has 4 rings (SSSR count). The Hall–Kier alpha value is -4.14. The van der Waals surface area contributed by atoms with Crippen LogP contribution < -0.4 is 10.2 Å². The normalized spacial score (nSPS) is 12.1. The molecule has 0 saturated carbocycles. The molecule has 200 valence electrons. The minimum Gasteiger partial charge on any atom is -0.395 e. The molecule has 15 heteroatoms. The van der Waals surface area contributed by atoms with Gasteiger partial charge in [-0.25, -0.2) is 19.9 Å². The summed E-state index contributed by atoms with van der Waals surface area (Å²) in [6, 6.07) is 4.30. The predicted molar refractivity (Wildman–Crippen MR) is 125 cm³/mol. The lowest BCUT2D eigenvalue weighted by Crippen LogP contribution is -2.29. The van der Waals surface area contributed by atoms with E-state index in [0.717, 1.165) is 24.4 Å². The predicted octanol–water partition coefficient (Wildman–Crippen LogP) is 4.87. The Kier molecular flexibility index (Phi) is 7.57. The smallest absolute Gasteiger partial charge is 0.395 e. The summed E-state index contributed by atoms with van der Waals surface area (Å²) in [7, 11) is 0. The highest BCUT2D eigenvalue weighted by molar-refractivity contribution is 5.87. The van der Waals surface area contributed by atoms with Crippen LogP contribution in [0.4, 0.5) is 43.7 Å². The van der Waals surface area contributed by atoms with E-state index in [9.17, 15) is 31.4 Å². The molecule has 2 N–H and O–H groups in total. The van der Waals surface area contributed by atoms with Crippen LogP contribution in [0, 0.1) is 0 Å². The average molecular weight is 538 g/mol. The number of halogens is 6. The first kappa shape index (κ1) is 26.9. The SMILES string of the molecule is CCCN(CCO)c1cc(C(F)(F)F)c(-c2cnc3c(Nc4ccc(C(F)(F)F)cn4)ccnc3n2)nn1. The number of alkyl halides is 6. The number of aliphatic hydroxyl groups is 1. The summed E-state index contributed by atoms with van der Waals surface area (Å²) < 4.78 is 80.3. The number of aliphatic hydroxyl groups excluding tert-OH is 1. The van der Waals surface area contributed by atoms with Gasteiger partial charge in [-0.05, 0) is 30.7 Å². The Morgan fingerprint density at radius 3 is 2.34 bits per heavy atom. The zero-order chi connectivity index (χ0) is 27.5. The largest absolute Gasteiger partial charge is 0.418 e. The molecule has 0 amide bonds. The second kappa shape index (κ2) is 10.7. The van der Waals surface area contributed by atoms with E-state index in [-0.39, 0.29) is 47.3 Å². The maximum atomic E-state index is 14.0. The van der Waals surface area contributed by atoms with E-state index in [4.69, 9.17) is 0 Å². The van der Waals surface area contributed by atoms with E-state index < -0.39 is 29.2 Å². The maximum Gasteiger partial charge on any atom is 0.418 e. The van der Waals surface area contributed by atoms with E-state index in [1.807, 2.05) is 6.92 Å². The highest BCUT2D eigenvalue weighted by Crippen LogP contribution is 2.37. The number of fused-ring (bicyclic) bond motifs is 1. The first-order valence-electron chi connectivity index (χ1n) is 11.2. The van der Waals surface area contributed by atoms with Crippen molar-refractivity contribution in [3.63, 3.8) is 0 Å². The van der Waals surface area contributed by atoms with Crippen molar-refractivity contribution in [2.75, 3.05) is 29.9 Å². The number of nitrogens with zero attached hydrogens (tertiary/aromatic N) is 7. The second-order valence-electron chi connectivity index (χ2n) is 8.01. The molecule has 0 atom stereocenters. The zero-order valence-corrected chi connectivity index (χ0v) is 19.7. The Bertz CT molecular complexity index is 1410. The topological polar surface area (TPSA) is 113 Å². The van der Waals surface area contributed by atoms with Gasteiger partial charge >= 0.3 is 12.4 Å². The van der Waals surface area contributed by atoms with Crippen LogP contribution in [0.1, 0.15) is 24.5 Å². The number of pyridine rings is 2. The molecule has 0 spiro atoms. The molecule has 4 aromatic rings. The number of hydrogen-bond donors (Lipinski definition) is 2. The lowest BCUT2D eigenvalue weighted by atomic mass is 10.1. The lowest BCUT2D eigenvalue weighted by Gasteiger charge is -2.23. The first-order chi connectivity index (χ1) is 18.0. The summed E-state index contributed by atoms with van der Waals surface area (Å²) in [5.74, 6) is 0.0380. The molecular formula is C23H20F6N8O. The van der Waals surface area contributed by atoms with Gasteiger partial charge in [-0.3, -0.25) is 0 Å². The molecule has 0 bridgehead atoms. The van der Waals surface area contributed by atoms with Gasteiger partial charge in [0.05, 0.1) is 29.6 Å². The van der Waals surface area contributed by atoms with Crippen molar-refractivity contribution in [3.05, 3.63) is 54.0 Å². The van der Waals surface area contributed by atoms with Gasteiger partial charge in [0, 0.05) is 25.5 Å². The molecule has 38 heavy (non-hydrogen) atoms. The van der Waals surface area contributed by atoms with E-state index in [0.29, 0.717) is 19.2 Å². The van der Waals surface area contributed by atoms with Crippen molar-refractivity contribution < 1.29 is 31.4 Å². The van der Waals surface area contributed by atoms with Gasteiger partial charge in [-0.2, -0.15) is 26.3 Å². The monoisotopic (exact) mass is 538 g/mol. The van der Waals surface area contributed by atoms with Crippen LogP contribution in [0.5, 0.6) is 0 Å². The van der Waals surface area contributed by atoms with Crippen LogP contribution in [0.25, 0.3) is 22.6 Å². The summed E-state index contributed by atoms with van der Waals surface area (Å²) >= 11 is 0. The standard InChI is InChI=1S/C23H20F6N8O/c1-2-7-37(8-9-38)18-10-14(23(27,28)29)19(36-35-18)16-12-32-20-15(5-6-30-21(20)34-16)33-17-4-3-13(11-31-17)22(24,25)26/h3-6,10-12,38H,2,7-9H2,1H3,(H,30,31,33,34). The third-order valence-electron chi connectivity index (χ3n) is 5.32. The summed E-state index contributed by atoms with van der Waals surface area (Å²) in [5, 5.41) is 19.8. The van der Waals surface area contributed by atoms with Crippen molar-refractivity contribution in [1.82, 2.24) is 30.1 Å². The van der Waals surface area contributed by atoms with Crippen LogP contribution >= 0.6 is 0 Å². The highest BCUT2D eigenvalue weighted by atomic mass is 19.4. The van der Waals surface area contributed by atoms with E-state index in [2.05, 4.69) is 35.5 Å². The number of aromatic nitrogens is 6. The summed E-state index contributed by atoms with van der Waals surface area (Å²) in [4.78, 5) is 17.6. The summed E-state index contributed by atoms with van der Waals surface area (Å²) in [6.45, 7) is 2.02. The van der Waals surface area contributed by atoms with Gasteiger partial charge in [0.15, 0.2) is 11.5 Å². The van der Waals surface area contributed by atoms with Gasteiger partial charge in [-0.15, -0.1) is 10.2 Å². The van der Waals surface area contributed by atoms with Crippen molar-refractivity contribution in [3.8, 4) is 11.4 Å². The number of nitrogens with one attached hydrogen (secondary N) is 1. The molecule has 0 aliphatic carbocycles. The second-order valence-corrected chi connectivity index (χ2v) is 8.01. The fourth-order valence-electron chi connectivity index (χ4n) is 3.58. The summed E-state index contributed by atoms with van der Waals surface area (Å²) in [6.07, 6.45) is -5.67. The van der Waals surface area contributed by atoms with Crippen LogP contribution in [0.3, 0.4) is 0 Å². The molecule has 0 aliphatic rings. The van der Waals surface area contributed by atoms with Gasteiger partial charge in [0.1, 0.15) is 22.7 Å². The van der Waals surface area contributed by atoms with Gasteiger partial charge in [0.25, 0.3) is 0 Å². The molecule has 0 radical (unpaired) electrons. The van der Waals surface area contributed by atoms with Gasteiger partial charge < -0.3 is 15.3 Å². The molecule has 9 nitrogen and oxygen atoms in total. The quantitative estimate of drug-likeness (QED) is 0.304. The van der Waals surface area contributed by atoms with Crippen LogP contribution in [0.2, 0.25) is 0 Å². The fourth-order valence-corrected chi connectivity index (χ4v) is 3.58. The minimum atomic E-state index is -4.79. The Morgan fingerprint density at radius 1 is 0.921 bits per heavy atom. The number of hydrogen-bond acceptors (Lipinski definition) is 9. The first-order valence-corrected chi connectivity index (χ1v) is 11.2. The third-order valence-corrected chi connectivity index (χ3v) is 5.32. The fraction of sp³-hybridized carbons (Fsp3) is 0.304. The van der Waals surface area contributed by atoms with Crippen LogP contribution in [0.15, 0.2) is 42.9 Å². The Balaban J connectivity index is 1.70. The minimum absolute atomic E-state index is 0.0358. The van der Waals surface area contributed by atoms with Crippen LogP contribution in [-0.2, 0) is 12.4 Å². The zero-order valence-electron chi connectivity index (χ0n) is 19.7. The lowest BCUT2D eigenvalue weighted by molar-refractivity contribution is -0.138. The summed E-state index contributed by atoms with van der Waals surface area (Å²) in [5.41, 5.74) is -2.41.